The molecule has 0 fully saturated rings. The fraction of sp³-hybridized carbons (Fsp3) is 0.385. The monoisotopic (exact) mass is 282 g/mol. The van der Waals surface area contributed by atoms with Crippen LogP contribution in [0, 0.1) is 0 Å². The number of nitrogens with zero attached hydrogens (tertiary/aromatic N) is 1. The number of aliphatic hydroxyl groups is 1. The molecular formula is C13H18N2O5. The van der Waals surface area contributed by atoms with E-state index in [2.05, 4.69) is 5.32 Å². The molecule has 0 radical (unpaired) electrons. The molecule has 0 heterocycles. The van der Waals surface area contributed by atoms with Crippen molar-refractivity contribution in [1.29, 1.82) is 0 Å². The number of carbonyl (C=O) groups excluding carboxylic acids is 1. The van der Waals surface area contributed by atoms with Crippen molar-refractivity contribution in [2.45, 2.75) is 12.0 Å². The Hall–Kier alpha value is -2.12. The van der Waals surface area contributed by atoms with Gasteiger partial charge in [-0.25, -0.2) is 9.86 Å². The summed E-state index contributed by atoms with van der Waals surface area (Å²) in [5.41, 5.74) is 0.659. The van der Waals surface area contributed by atoms with Gasteiger partial charge in [0.05, 0.1) is 7.11 Å². The van der Waals surface area contributed by atoms with Gasteiger partial charge in [0.25, 0.3) is 5.91 Å². The van der Waals surface area contributed by atoms with E-state index in [-0.39, 0.29) is 6.54 Å². The molecule has 0 saturated heterocycles. The van der Waals surface area contributed by atoms with Crippen molar-refractivity contribution >= 4 is 12.0 Å². The molecule has 7 heteroatoms. The molecule has 0 spiro atoms. The predicted octanol–water partition coefficient (Wildman–Crippen LogP) is 0.418. The highest BCUT2D eigenvalue weighted by Gasteiger charge is 2.30. The molecule has 110 valence electrons. The Morgan fingerprint density at radius 1 is 1.35 bits per heavy atom. The summed E-state index contributed by atoms with van der Waals surface area (Å²) in [5.74, 6) is -1.34. The number of carbonyl (C=O) groups is 2. The van der Waals surface area contributed by atoms with Gasteiger partial charge in [-0.15, -0.1) is 0 Å². The maximum absolute atomic E-state index is 11.9. The highest BCUT2D eigenvalue weighted by molar-refractivity contribution is 5.80. The molecular weight excluding hydrogens is 264 g/mol. The second kappa shape index (κ2) is 7.46. The number of hydroxylamine groups is 2. The van der Waals surface area contributed by atoms with Crippen molar-refractivity contribution in [3.63, 3.8) is 0 Å². The fourth-order valence-electron chi connectivity index (χ4n) is 1.76. The quantitative estimate of drug-likeness (QED) is 0.657. The van der Waals surface area contributed by atoms with Gasteiger partial charge in [0.1, 0.15) is 6.10 Å². The van der Waals surface area contributed by atoms with Crippen molar-refractivity contribution in [1.82, 2.24) is 10.4 Å². The van der Waals surface area contributed by atoms with Crippen LogP contribution in [0.25, 0.3) is 0 Å². The lowest BCUT2D eigenvalue weighted by Gasteiger charge is -2.25. The Morgan fingerprint density at radius 2 is 1.95 bits per heavy atom. The molecule has 0 aliphatic carbocycles. The van der Waals surface area contributed by atoms with Gasteiger partial charge in [-0.3, -0.25) is 9.63 Å². The van der Waals surface area contributed by atoms with E-state index in [4.69, 9.17) is 9.94 Å². The average molecular weight is 282 g/mol. The first-order valence-electron chi connectivity index (χ1n) is 5.98. The Kier molecular flexibility index (Phi) is 5.95. The van der Waals surface area contributed by atoms with Crippen molar-refractivity contribution < 1.29 is 24.6 Å². The molecule has 1 rings (SSSR count). The molecule has 0 aliphatic rings. The van der Waals surface area contributed by atoms with Crippen LogP contribution >= 0.6 is 0 Å². The lowest BCUT2D eigenvalue weighted by atomic mass is 9.92. The first-order valence-corrected chi connectivity index (χ1v) is 5.98. The smallest absolute Gasteiger partial charge is 0.404 e. The van der Waals surface area contributed by atoms with Crippen molar-refractivity contribution in [2.24, 2.45) is 0 Å². The number of carboxylic acid groups (broad SMARTS) is 1. The molecule has 3 N–H and O–H groups in total. The zero-order chi connectivity index (χ0) is 15.1. The van der Waals surface area contributed by atoms with Gasteiger partial charge >= 0.3 is 6.09 Å². The van der Waals surface area contributed by atoms with Crippen LogP contribution in [0.1, 0.15) is 11.5 Å². The maximum atomic E-state index is 11.9. The highest BCUT2D eigenvalue weighted by atomic mass is 16.7. The van der Waals surface area contributed by atoms with Crippen LogP contribution in [0.5, 0.6) is 0 Å². The number of aliphatic hydroxyl groups excluding tert-OH is 1. The van der Waals surface area contributed by atoms with E-state index in [1.165, 1.54) is 14.2 Å². The predicted molar refractivity (Wildman–Crippen MR) is 71.0 cm³/mol. The van der Waals surface area contributed by atoms with Crippen LogP contribution in [0.15, 0.2) is 30.3 Å². The van der Waals surface area contributed by atoms with Crippen LogP contribution in [0.3, 0.4) is 0 Å². The molecule has 0 bridgehead atoms. The minimum Gasteiger partial charge on any atom is -0.465 e. The molecule has 1 aromatic rings. The normalized spacial score (nSPS) is 13.3. The van der Waals surface area contributed by atoms with Crippen LogP contribution in [0.2, 0.25) is 0 Å². The van der Waals surface area contributed by atoms with Crippen LogP contribution in [-0.2, 0) is 9.63 Å². The van der Waals surface area contributed by atoms with Gasteiger partial charge in [-0.05, 0) is 5.56 Å². The van der Waals surface area contributed by atoms with Crippen LogP contribution in [-0.4, -0.2) is 54.1 Å². The zero-order valence-electron chi connectivity index (χ0n) is 11.3. The lowest BCUT2D eigenvalue weighted by molar-refractivity contribution is -0.178. The Morgan fingerprint density at radius 3 is 2.45 bits per heavy atom. The van der Waals surface area contributed by atoms with E-state index < -0.39 is 24.0 Å². The number of benzene rings is 1. The summed E-state index contributed by atoms with van der Waals surface area (Å²) in [5, 5.41) is 21.9. The van der Waals surface area contributed by atoms with E-state index in [0.29, 0.717) is 5.56 Å². The second-order valence-corrected chi connectivity index (χ2v) is 4.17. The highest BCUT2D eigenvalue weighted by Crippen LogP contribution is 2.20. The SMILES string of the molecule is CON(C)C(=O)C(O)C(CNC(=O)O)c1ccccc1. The van der Waals surface area contributed by atoms with E-state index in [9.17, 15) is 14.7 Å². The third-order valence-electron chi connectivity index (χ3n) is 2.92. The standard InChI is InChI=1S/C13H18N2O5/c1-15(20-2)12(17)11(16)10(8-14-13(18)19)9-6-4-3-5-7-9/h3-7,10-11,14,16H,8H2,1-2H3,(H,18,19). The molecule has 7 nitrogen and oxygen atoms in total. The van der Waals surface area contributed by atoms with E-state index in [1.54, 1.807) is 30.3 Å². The number of likely N-dealkylation sites (N-methyl/N-ethyl adjacent to an activating group) is 1. The molecule has 0 aromatic heterocycles. The van der Waals surface area contributed by atoms with Gasteiger partial charge in [0.15, 0.2) is 0 Å². The first-order chi connectivity index (χ1) is 9.47. The van der Waals surface area contributed by atoms with Crippen molar-refractivity contribution in [2.75, 3.05) is 20.7 Å². The maximum Gasteiger partial charge on any atom is 0.404 e. The van der Waals surface area contributed by atoms with Gasteiger partial charge in [-0.2, -0.15) is 0 Å². The van der Waals surface area contributed by atoms with Crippen molar-refractivity contribution in [3.05, 3.63) is 35.9 Å². The zero-order valence-corrected chi connectivity index (χ0v) is 11.3. The number of amides is 2. The molecule has 2 unspecified atom stereocenters. The molecule has 0 saturated carbocycles. The summed E-state index contributed by atoms with van der Waals surface area (Å²) in [4.78, 5) is 27.2. The summed E-state index contributed by atoms with van der Waals surface area (Å²) in [7, 11) is 2.68. The number of rotatable bonds is 6. The van der Waals surface area contributed by atoms with E-state index in [0.717, 1.165) is 5.06 Å². The molecule has 2 atom stereocenters. The largest absolute Gasteiger partial charge is 0.465 e. The fourth-order valence-corrected chi connectivity index (χ4v) is 1.76. The van der Waals surface area contributed by atoms with Gasteiger partial charge in [0, 0.05) is 19.5 Å². The number of hydrogen-bond donors (Lipinski definition) is 3. The van der Waals surface area contributed by atoms with Gasteiger partial charge in [-0.1, -0.05) is 30.3 Å². The summed E-state index contributed by atoms with van der Waals surface area (Å²) < 4.78 is 0. The first kappa shape index (κ1) is 15.9. The summed E-state index contributed by atoms with van der Waals surface area (Å²) >= 11 is 0. The molecule has 20 heavy (non-hydrogen) atoms. The minimum atomic E-state index is -1.41. The second-order valence-electron chi connectivity index (χ2n) is 4.17. The van der Waals surface area contributed by atoms with E-state index >= 15 is 0 Å². The van der Waals surface area contributed by atoms with Gasteiger partial charge < -0.3 is 15.5 Å². The topological polar surface area (TPSA) is 99.1 Å². The van der Waals surface area contributed by atoms with E-state index in [1.807, 2.05) is 0 Å². The third kappa shape index (κ3) is 4.22. The molecule has 1 aromatic carbocycles. The van der Waals surface area contributed by atoms with Crippen LogP contribution < -0.4 is 5.32 Å². The minimum absolute atomic E-state index is 0.0796. The van der Waals surface area contributed by atoms with Crippen molar-refractivity contribution in [3.8, 4) is 0 Å². The molecule has 2 amide bonds. The Labute approximate surface area is 116 Å². The summed E-state index contributed by atoms with van der Waals surface area (Å²) in [6.45, 7) is -0.0796. The molecule has 0 aliphatic heterocycles. The third-order valence-corrected chi connectivity index (χ3v) is 2.92. The number of nitrogens with one attached hydrogen (secondary N) is 1. The number of hydrogen-bond acceptors (Lipinski definition) is 4. The lowest BCUT2D eigenvalue weighted by Crippen LogP contribution is -2.43. The Bertz CT molecular complexity index is 451. The summed E-state index contributed by atoms with van der Waals surface area (Å²) in [6, 6.07) is 8.73. The average Bonchev–Trinajstić information content (AvgIpc) is 2.46. The summed E-state index contributed by atoms with van der Waals surface area (Å²) in [6.07, 6.45) is -2.63. The Balaban J connectivity index is 2.92. The van der Waals surface area contributed by atoms with Crippen LogP contribution in [0.4, 0.5) is 4.79 Å². The van der Waals surface area contributed by atoms with Gasteiger partial charge in [0.2, 0.25) is 0 Å².